The van der Waals surface area contributed by atoms with Crippen LogP contribution in [0.5, 0.6) is 0 Å². The van der Waals surface area contributed by atoms with E-state index in [9.17, 15) is 0 Å². The first kappa shape index (κ1) is 8.05. The van der Waals surface area contributed by atoms with Crippen molar-refractivity contribution in [1.29, 1.82) is 0 Å². The first-order valence-electron chi connectivity index (χ1n) is 3.11. The fourth-order valence-corrected chi connectivity index (χ4v) is 1.35. The van der Waals surface area contributed by atoms with Gasteiger partial charge in [0.2, 0.25) is 0 Å². The van der Waals surface area contributed by atoms with Crippen LogP contribution in [0.25, 0.3) is 0 Å². The normalized spacial score (nSPS) is 28.1. The van der Waals surface area contributed by atoms with Gasteiger partial charge in [-0.15, -0.1) is 0 Å². The van der Waals surface area contributed by atoms with Crippen molar-refractivity contribution in [3.05, 3.63) is 11.6 Å². The van der Waals surface area contributed by atoms with Crippen LogP contribution < -0.4 is 0 Å². The standard InChI is InChI=1S/C7H11ClO2/c1-5(8)6-4-7(6,9-2)10-3/h6H,1,4H2,2-3H3. The van der Waals surface area contributed by atoms with E-state index in [2.05, 4.69) is 6.58 Å². The van der Waals surface area contributed by atoms with Crippen LogP contribution >= 0.6 is 11.6 Å². The summed E-state index contributed by atoms with van der Waals surface area (Å²) in [4.78, 5) is 0. The lowest BCUT2D eigenvalue weighted by molar-refractivity contribution is -0.135. The zero-order valence-corrected chi connectivity index (χ0v) is 6.94. The first-order valence-corrected chi connectivity index (χ1v) is 3.48. The van der Waals surface area contributed by atoms with Gasteiger partial charge in [0.25, 0.3) is 0 Å². The molecule has 0 bridgehead atoms. The van der Waals surface area contributed by atoms with Crippen molar-refractivity contribution in [2.24, 2.45) is 5.92 Å². The fourth-order valence-electron chi connectivity index (χ4n) is 1.11. The second kappa shape index (κ2) is 2.53. The Labute approximate surface area is 65.8 Å². The monoisotopic (exact) mass is 162 g/mol. The van der Waals surface area contributed by atoms with Crippen LogP contribution in [-0.2, 0) is 9.47 Å². The van der Waals surface area contributed by atoms with E-state index in [1.807, 2.05) is 0 Å². The molecule has 0 aromatic rings. The molecule has 3 heteroatoms. The Bertz CT molecular complexity index is 152. The van der Waals surface area contributed by atoms with Crippen LogP contribution in [0.3, 0.4) is 0 Å². The van der Waals surface area contributed by atoms with Crippen LogP contribution in [0, 0.1) is 5.92 Å². The molecular formula is C7H11ClO2. The highest BCUT2D eigenvalue weighted by Crippen LogP contribution is 2.51. The molecule has 10 heavy (non-hydrogen) atoms. The van der Waals surface area contributed by atoms with Gasteiger partial charge in [-0.25, -0.2) is 0 Å². The van der Waals surface area contributed by atoms with Crippen molar-refractivity contribution in [2.45, 2.75) is 12.2 Å². The minimum atomic E-state index is -0.459. The van der Waals surface area contributed by atoms with Crippen LogP contribution in [-0.4, -0.2) is 20.0 Å². The van der Waals surface area contributed by atoms with Gasteiger partial charge in [0.05, 0.1) is 5.92 Å². The van der Waals surface area contributed by atoms with Gasteiger partial charge in [-0.1, -0.05) is 18.2 Å². The van der Waals surface area contributed by atoms with Crippen molar-refractivity contribution in [3.63, 3.8) is 0 Å². The lowest BCUT2D eigenvalue weighted by atomic mass is 10.4. The average Bonchev–Trinajstić information content (AvgIpc) is 2.63. The van der Waals surface area contributed by atoms with Crippen molar-refractivity contribution < 1.29 is 9.47 Å². The highest BCUT2D eigenvalue weighted by molar-refractivity contribution is 6.29. The van der Waals surface area contributed by atoms with Gasteiger partial charge in [-0.2, -0.15) is 0 Å². The Morgan fingerprint density at radius 3 is 2.20 bits per heavy atom. The van der Waals surface area contributed by atoms with Gasteiger partial charge in [0, 0.05) is 25.7 Å². The summed E-state index contributed by atoms with van der Waals surface area (Å²) >= 11 is 5.66. The molecule has 0 aliphatic heterocycles. The molecule has 0 aromatic carbocycles. The van der Waals surface area contributed by atoms with Crippen LogP contribution in [0.2, 0.25) is 0 Å². The van der Waals surface area contributed by atoms with E-state index in [1.165, 1.54) is 0 Å². The third-order valence-corrected chi connectivity index (χ3v) is 2.19. The smallest absolute Gasteiger partial charge is 0.176 e. The summed E-state index contributed by atoms with van der Waals surface area (Å²) in [6.45, 7) is 3.61. The van der Waals surface area contributed by atoms with Gasteiger partial charge < -0.3 is 9.47 Å². The van der Waals surface area contributed by atoms with E-state index >= 15 is 0 Å². The van der Waals surface area contributed by atoms with E-state index in [0.29, 0.717) is 5.03 Å². The summed E-state index contributed by atoms with van der Waals surface area (Å²) < 4.78 is 10.2. The molecule has 1 atom stereocenters. The molecular weight excluding hydrogens is 152 g/mol. The van der Waals surface area contributed by atoms with Crippen LogP contribution in [0.15, 0.2) is 11.6 Å². The van der Waals surface area contributed by atoms with Gasteiger partial charge in [0.15, 0.2) is 5.79 Å². The Balaban J connectivity index is 2.53. The summed E-state index contributed by atoms with van der Waals surface area (Å²) in [7, 11) is 3.23. The molecule has 1 saturated carbocycles. The highest BCUT2D eigenvalue weighted by Gasteiger charge is 2.57. The third-order valence-electron chi connectivity index (χ3n) is 1.93. The number of hydrogen-bond donors (Lipinski definition) is 0. The molecule has 0 N–H and O–H groups in total. The SMILES string of the molecule is C=C(Cl)C1CC1(OC)OC. The number of methoxy groups -OCH3 is 2. The second-order valence-electron chi connectivity index (χ2n) is 2.42. The Morgan fingerprint density at radius 1 is 1.60 bits per heavy atom. The molecule has 0 saturated heterocycles. The molecule has 1 fully saturated rings. The molecule has 1 unspecified atom stereocenters. The number of halogens is 1. The maximum atomic E-state index is 5.66. The molecule has 1 aliphatic carbocycles. The number of rotatable bonds is 3. The lowest BCUT2D eigenvalue weighted by Crippen LogP contribution is -2.17. The Hall–Kier alpha value is -0.0500. The minimum Gasteiger partial charge on any atom is -0.353 e. The van der Waals surface area contributed by atoms with Gasteiger partial charge >= 0.3 is 0 Å². The predicted molar refractivity (Wildman–Crippen MR) is 39.8 cm³/mol. The predicted octanol–water partition coefficient (Wildman–Crippen LogP) is 1.75. The molecule has 58 valence electrons. The summed E-state index contributed by atoms with van der Waals surface area (Å²) in [5, 5.41) is 0.615. The largest absolute Gasteiger partial charge is 0.353 e. The van der Waals surface area contributed by atoms with Crippen molar-refractivity contribution >= 4 is 11.6 Å². The van der Waals surface area contributed by atoms with Gasteiger partial charge in [0.1, 0.15) is 0 Å². The Morgan fingerprint density at radius 2 is 2.10 bits per heavy atom. The second-order valence-corrected chi connectivity index (χ2v) is 2.91. The first-order chi connectivity index (χ1) is 4.66. The van der Waals surface area contributed by atoms with E-state index in [1.54, 1.807) is 14.2 Å². The summed E-state index contributed by atoms with van der Waals surface area (Å²) in [5.41, 5.74) is 0. The number of ether oxygens (including phenoxy) is 2. The fraction of sp³-hybridized carbons (Fsp3) is 0.714. The molecule has 0 spiro atoms. The molecule has 0 heterocycles. The van der Waals surface area contributed by atoms with Crippen molar-refractivity contribution in [1.82, 2.24) is 0 Å². The van der Waals surface area contributed by atoms with Gasteiger partial charge in [-0.3, -0.25) is 0 Å². The molecule has 2 nitrogen and oxygen atoms in total. The van der Waals surface area contributed by atoms with E-state index in [-0.39, 0.29) is 5.92 Å². The highest BCUT2D eigenvalue weighted by atomic mass is 35.5. The van der Waals surface area contributed by atoms with E-state index < -0.39 is 5.79 Å². The molecule has 1 aliphatic rings. The van der Waals surface area contributed by atoms with Crippen LogP contribution in [0.4, 0.5) is 0 Å². The van der Waals surface area contributed by atoms with Crippen LogP contribution in [0.1, 0.15) is 6.42 Å². The van der Waals surface area contributed by atoms with Crippen molar-refractivity contribution in [2.75, 3.05) is 14.2 Å². The lowest BCUT2D eigenvalue weighted by Gasteiger charge is -2.12. The third kappa shape index (κ3) is 1.07. The number of hydrogen-bond acceptors (Lipinski definition) is 2. The summed E-state index contributed by atoms with van der Waals surface area (Å²) in [6, 6.07) is 0. The molecule has 0 amide bonds. The van der Waals surface area contributed by atoms with Crippen molar-refractivity contribution in [3.8, 4) is 0 Å². The topological polar surface area (TPSA) is 18.5 Å². The molecule has 0 radical (unpaired) electrons. The quantitative estimate of drug-likeness (QED) is 0.589. The minimum absolute atomic E-state index is 0.171. The van der Waals surface area contributed by atoms with Gasteiger partial charge in [-0.05, 0) is 0 Å². The molecule has 1 rings (SSSR count). The average molecular weight is 163 g/mol. The maximum Gasteiger partial charge on any atom is 0.176 e. The zero-order chi connectivity index (χ0) is 7.78. The maximum absolute atomic E-state index is 5.66. The van der Waals surface area contributed by atoms with E-state index in [0.717, 1.165) is 6.42 Å². The summed E-state index contributed by atoms with van der Waals surface area (Å²) in [5.74, 6) is -0.289. The Kier molecular flexibility index (Phi) is 2.04. The van der Waals surface area contributed by atoms with E-state index in [4.69, 9.17) is 21.1 Å². The molecule has 0 aromatic heterocycles. The summed E-state index contributed by atoms with van der Waals surface area (Å²) in [6.07, 6.45) is 0.822. The zero-order valence-electron chi connectivity index (χ0n) is 6.19.